The van der Waals surface area contributed by atoms with E-state index in [1.807, 2.05) is 42.5 Å². The Morgan fingerprint density at radius 2 is 0.923 bits per heavy atom. The fraction of sp³-hybridized carbons (Fsp3) is 0. The van der Waals surface area contributed by atoms with Gasteiger partial charge >= 0.3 is 0 Å². The number of rotatable bonds is 6. The maximum absolute atomic E-state index is 9.66. The van der Waals surface area contributed by atoms with Crippen molar-refractivity contribution in [2.45, 2.75) is 0 Å². The van der Waals surface area contributed by atoms with E-state index in [-0.39, 0.29) is 5.69 Å². The molecule has 0 amide bonds. The van der Waals surface area contributed by atoms with Crippen molar-refractivity contribution >= 4 is 70.1 Å². The molecule has 52 heavy (non-hydrogen) atoms. The van der Waals surface area contributed by atoms with Crippen molar-refractivity contribution in [2.24, 2.45) is 0 Å². The third-order valence-corrected chi connectivity index (χ3v) is 9.76. The van der Waals surface area contributed by atoms with E-state index in [2.05, 4.69) is 0 Å². The van der Waals surface area contributed by atoms with E-state index in [4.69, 9.17) is 19.2 Å². The van der Waals surface area contributed by atoms with Crippen LogP contribution in [0.1, 0.15) is 30.2 Å². The van der Waals surface area contributed by atoms with Gasteiger partial charge in [0.15, 0.2) is 0 Å². The van der Waals surface area contributed by atoms with Crippen LogP contribution in [0.5, 0.6) is 0 Å². The molecule has 2 heteroatoms. The monoisotopic (exact) mass is 701 g/mol. The van der Waals surface area contributed by atoms with Gasteiger partial charge in [-0.1, -0.05) is 145 Å². The summed E-state index contributed by atoms with van der Waals surface area (Å²) in [6, 6.07) is 1.66. The van der Waals surface area contributed by atoms with Crippen molar-refractivity contribution in [3.05, 3.63) is 200 Å². The molecule has 0 aliphatic carbocycles. The molecule has 10 rings (SSSR count). The minimum atomic E-state index is -0.916. The number of benzene rings is 9. The molecule has 244 valence electrons. The van der Waals surface area contributed by atoms with Crippen molar-refractivity contribution in [3.63, 3.8) is 0 Å². The predicted octanol–water partition coefficient (Wildman–Crippen LogP) is 14.8. The fourth-order valence-corrected chi connectivity index (χ4v) is 7.27. The van der Waals surface area contributed by atoms with Gasteiger partial charge in [0.25, 0.3) is 0 Å². The zero-order valence-corrected chi connectivity index (χ0v) is 27.5. The summed E-state index contributed by atoms with van der Waals surface area (Å²) in [6.45, 7) is 0. The molecule has 0 bridgehead atoms. The molecule has 0 atom stereocenters. The normalized spacial score (nSPS) is 17.4. The Morgan fingerprint density at radius 1 is 0.365 bits per heavy atom. The summed E-state index contributed by atoms with van der Waals surface area (Å²) in [6.07, 6.45) is 0. The Balaban J connectivity index is 1.30. The van der Waals surface area contributed by atoms with E-state index < -0.39 is 188 Å². The summed E-state index contributed by atoms with van der Waals surface area (Å²) in [5, 5.41) is -0.104. The van der Waals surface area contributed by atoms with Gasteiger partial charge in [0.05, 0.1) is 30.2 Å². The second-order valence-electron chi connectivity index (χ2n) is 11.6. The minimum absolute atomic E-state index is 0.0274. The predicted molar refractivity (Wildman–Crippen MR) is 225 cm³/mol. The number of fused-ring (bicyclic) bond motifs is 5. The molecule has 0 aliphatic heterocycles. The van der Waals surface area contributed by atoms with Crippen LogP contribution in [-0.2, 0) is 0 Å². The van der Waals surface area contributed by atoms with Gasteiger partial charge in [-0.15, -0.1) is 11.3 Å². The molecule has 1 nitrogen and oxygen atoms in total. The highest BCUT2D eigenvalue weighted by Crippen LogP contribution is 2.41. The first kappa shape index (κ1) is 15.4. The van der Waals surface area contributed by atoms with Crippen molar-refractivity contribution in [1.29, 1.82) is 0 Å². The van der Waals surface area contributed by atoms with Crippen LogP contribution in [-0.4, -0.2) is 0 Å². The summed E-state index contributed by atoms with van der Waals surface area (Å²) in [5.41, 5.74) is -2.73. The standard InChI is InChI=1S/C50H33NS/c1-3-16-43-34(10-1)12-8-19-45(43)36-22-27-40(28-23-36)51(41-29-24-37(25-30-41)46-20-9-13-35-11-2-4-17-44(35)46)42-15-7-14-38(32-42)39-26-31-50-48(33-39)47-18-5-6-21-49(47)52-50/h1-33H/i1D,2D,3D,4D,8D,9D,10D,11D,12D,13D,16D,17D,19D,20D,22D,23D,24D,25D,27D,28D,29D,30D. The third-order valence-electron chi connectivity index (χ3n) is 8.61. The summed E-state index contributed by atoms with van der Waals surface area (Å²) < 4.78 is 199. The maximum Gasteiger partial charge on any atom is 0.0645 e. The SMILES string of the molecule is [2H]c1c([2H])c(N(c2cccc(-c3ccc4sc5ccccc5c4c3)c2)c2c([2H])c([2H])c(-c3c([2H])c([2H])c([2H])c4c([2H])c([2H])c([2H])c([2H])c34)c([2H])c2[2H])c([2H])c([2H])c1-c1c([2H])c([2H])c([2H])c2c([2H])c([2H])c([2H])c([2H])c12. The highest BCUT2D eigenvalue weighted by molar-refractivity contribution is 7.25. The van der Waals surface area contributed by atoms with Crippen LogP contribution in [0.25, 0.3) is 75.1 Å². The number of nitrogens with zero attached hydrogens (tertiary/aromatic N) is 1. The van der Waals surface area contributed by atoms with E-state index in [0.29, 0.717) is 11.1 Å². The molecule has 10 aromatic rings. The summed E-state index contributed by atoms with van der Waals surface area (Å²) in [5.74, 6) is 0. The van der Waals surface area contributed by atoms with Crippen molar-refractivity contribution in [2.75, 3.05) is 4.90 Å². The second kappa shape index (κ2) is 12.7. The molecule has 0 saturated carbocycles. The average Bonchev–Trinajstić information content (AvgIpc) is 3.79. The van der Waals surface area contributed by atoms with Crippen molar-refractivity contribution in [1.82, 2.24) is 0 Å². The first-order valence-corrected chi connectivity index (χ1v) is 16.8. The van der Waals surface area contributed by atoms with Crippen LogP contribution >= 0.6 is 11.3 Å². The molecular formula is C50H33NS. The highest BCUT2D eigenvalue weighted by Gasteiger charge is 2.16. The Kier molecular flexibility index (Phi) is 3.76. The fourth-order valence-electron chi connectivity index (χ4n) is 6.19. The van der Waals surface area contributed by atoms with Crippen LogP contribution in [0.4, 0.5) is 17.1 Å². The third kappa shape index (κ3) is 5.33. The molecule has 0 N–H and O–H groups in total. The summed E-state index contributed by atoms with van der Waals surface area (Å²) >= 11 is 1.59. The molecule has 1 aromatic heterocycles. The summed E-state index contributed by atoms with van der Waals surface area (Å²) in [4.78, 5) is 0.973. The van der Waals surface area contributed by atoms with Gasteiger partial charge < -0.3 is 4.90 Å². The molecule has 0 aliphatic rings. The minimum Gasteiger partial charge on any atom is -0.310 e. The lowest BCUT2D eigenvalue weighted by atomic mass is 9.97. The number of anilines is 3. The smallest absolute Gasteiger partial charge is 0.0645 e. The van der Waals surface area contributed by atoms with Crippen molar-refractivity contribution in [3.8, 4) is 33.4 Å². The Labute approximate surface area is 338 Å². The van der Waals surface area contributed by atoms with E-state index in [1.165, 1.54) is 6.07 Å². The van der Waals surface area contributed by atoms with E-state index in [9.17, 15) is 11.0 Å². The quantitative estimate of drug-likeness (QED) is 0.167. The zero-order valence-electron chi connectivity index (χ0n) is 48.7. The number of hydrogen-bond donors (Lipinski definition) is 0. The largest absolute Gasteiger partial charge is 0.310 e. The number of hydrogen-bond acceptors (Lipinski definition) is 2. The molecule has 0 unspecified atom stereocenters. The lowest BCUT2D eigenvalue weighted by Gasteiger charge is -2.26. The van der Waals surface area contributed by atoms with Gasteiger partial charge in [0, 0.05) is 37.2 Å². The Morgan fingerprint density at radius 3 is 1.58 bits per heavy atom. The van der Waals surface area contributed by atoms with Gasteiger partial charge in [0.1, 0.15) is 0 Å². The van der Waals surface area contributed by atoms with Crippen LogP contribution in [0.3, 0.4) is 0 Å². The van der Waals surface area contributed by atoms with Gasteiger partial charge in [-0.25, -0.2) is 0 Å². The van der Waals surface area contributed by atoms with Gasteiger partial charge in [0.2, 0.25) is 0 Å². The van der Waals surface area contributed by atoms with Crippen LogP contribution in [0.15, 0.2) is 200 Å². The summed E-state index contributed by atoms with van der Waals surface area (Å²) in [7, 11) is 0. The molecule has 9 aromatic carbocycles. The van der Waals surface area contributed by atoms with E-state index >= 15 is 0 Å². The molecule has 0 saturated heterocycles. The van der Waals surface area contributed by atoms with Gasteiger partial charge in [-0.3, -0.25) is 0 Å². The topological polar surface area (TPSA) is 3.24 Å². The van der Waals surface area contributed by atoms with E-state index in [0.717, 1.165) is 25.1 Å². The molecule has 0 spiro atoms. The highest BCUT2D eigenvalue weighted by atomic mass is 32.1. The Hall–Kier alpha value is -6.48. The second-order valence-corrected chi connectivity index (χ2v) is 12.7. The van der Waals surface area contributed by atoms with Gasteiger partial charge in [-0.2, -0.15) is 0 Å². The van der Waals surface area contributed by atoms with Crippen molar-refractivity contribution < 1.29 is 30.2 Å². The lowest BCUT2D eigenvalue weighted by Crippen LogP contribution is -2.10. The average molecular weight is 702 g/mol. The Bertz CT molecular complexity index is 3930. The molecule has 0 fully saturated rings. The van der Waals surface area contributed by atoms with Crippen LogP contribution in [0, 0.1) is 0 Å². The number of thiophene rings is 1. The maximum atomic E-state index is 9.66. The first-order chi connectivity index (χ1) is 34.9. The van der Waals surface area contributed by atoms with E-state index in [1.54, 1.807) is 29.5 Å². The lowest BCUT2D eigenvalue weighted by molar-refractivity contribution is 1.28. The van der Waals surface area contributed by atoms with Crippen LogP contribution in [0.2, 0.25) is 0 Å². The molecular weight excluding hydrogens is 647 g/mol. The first-order valence-electron chi connectivity index (χ1n) is 27.0. The molecule has 0 radical (unpaired) electrons. The molecule has 1 heterocycles. The zero-order chi connectivity index (χ0) is 53.6. The van der Waals surface area contributed by atoms with Crippen LogP contribution < -0.4 is 4.90 Å². The van der Waals surface area contributed by atoms with Gasteiger partial charge in [-0.05, 0) is 109 Å².